The van der Waals surface area contributed by atoms with E-state index in [1.807, 2.05) is 50.4 Å². The number of nitrogens with one attached hydrogen (secondary N) is 1. The summed E-state index contributed by atoms with van der Waals surface area (Å²) in [5.41, 5.74) is 3.04. The lowest BCUT2D eigenvalue weighted by Crippen LogP contribution is -2.05. The zero-order chi connectivity index (χ0) is 13.7. The Balaban J connectivity index is 2.29. The molecule has 0 fully saturated rings. The Bertz CT molecular complexity index is 552. The highest BCUT2D eigenvalue weighted by molar-refractivity contribution is 5.42. The summed E-state index contributed by atoms with van der Waals surface area (Å²) in [7, 11) is 1.92. The van der Waals surface area contributed by atoms with Crippen LogP contribution in [-0.2, 0) is 13.2 Å². The van der Waals surface area contributed by atoms with Crippen LogP contribution in [0, 0.1) is 6.92 Å². The van der Waals surface area contributed by atoms with E-state index in [-0.39, 0.29) is 6.61 Å². The van der Waals surface area contributed by atoms with E-state index in [0.717, 1.165) is 23.4 Å². The van der Waals surface area contributed by atoms with E-state index >= 15 is 0 Å². The fraction of sp³-hybridized carbons (Fsp3) is 0.250. The minimum atomic E-state index is -0.0224. The highest BCUT2D eigenvalue weighted by Crippen LogP contribution is 2.28. The molecule has 2 aromatic rings. The number of aliphatic hydroxyl groups is 1. The third-order valence-corrected chi connectivity index (χ3v) is 3.00. The molecule has 0 atom stereocenters. The third kappa shape index (κ3) is 3.34. The molecule has 3 nitrogen and oxygen atoms in total. The maximum atomic E-state index is 9.31. The van der Waals surface area contributed by atoms with Gasteiger partial charge in [0.25, 0.3) is 0 Å². The van der Waals surface area contributed by atoms with E-state index in [1.165, 1.54) is 5.56 Å². The highest BCUT2D eigenvalue weighted by Gasteiger charge is 2.06. The van der Waals surface area contributed by atoms with Crippen LogP contribution in [0.1, 0.15) is 16.7 Å². The van der Waals surface area contributed by atoms with Crippen molar-refractivity contribution in [2.24, 2.45) is 0 Å². The van der Waals surface area contributed by atoms with Crippen LogP contribution in [-0.4, -0.2) is 12.2 Å². The summed E-state index contributed by atoms with van der Waals surface area (Å²) in [6.07, 6.45) is 0. The normalized spacial score (nSPS) is 10.5. The third-order valence-electron chi connectivity index (χ3n) is 3.00. The number of ether oxygens (including phenoxy) is 1. The molecule has 3 heteroatoms. The van der Waals surface area contributed by atoms with Crippen molar-refractivity contribution in [2.75, 3.05) is 7.05 Å². The van der Waals surface area contributed by atoms with Crippen molar-refractivity contribution in [1.82, 2.24) is 5.32 Å². The SMILES string of the molecule is CNCc1ccc(C)c(Oc2ccccc2CO)c1. The van der Waals surface area contributed by atoms with Crippen LogP contribution in [0.4, 0.5) is 0 Å². The Morgan fingerprint density at radius 1 is 1.11 bits per heavy atom. The van der Waals surface area contributed by atoms with Gasteiger partial charge in [0.1, 0.15) is 11.5 Å². The first-order chi connectivity index (χ1) is 9.24. The number of para-hydroxylation sites is 1. The van der Waals surface area contributed by atoms with Gasteiger partial charge in [-0.15, -0.1) is 0 Å². The standard InChI is InChI=1S/C16H19NO2/c1-12-7-8-13(10-17-2)9-16(12)19-15-6-4-3-5-14(15)11-18/h3-9,17-18H,10-11H2,1-2H3. The molecule has 19 heavy (non-hydrogen) atoms. The molecule has 2 rings (SSSR count). The monoisotopic (exact) mass is 257 g/mol. The molecule has 100 valence electrons. The maximum Gasteiger partial charge on any atom is 0.132 e. The Kier molecular flexibility index (Phi) is 4.55. The van der Waals surface area contributed by atoms with Crippen molar-refractivity contribution < 1.29 is 9.84 Å². The van der Waals surface area contributed by atoms with Crippen molar-refractivity contribution in [3.8, 4) is 11.5 Å². The molecule has 0 bridgehead atoms. The van der Waals surface area contributed by atoms with Gasteiger partial charge < -0.3 is 15.2 Å². The summed E-state index contributed by atoms with van der Waals surface area (Å²) < 4.78 is 5.93. The predicted molar refractivity (Wildman–Crippen MR) is 76.4 cm³/mol. The number of rotatable bonds is 5. The molecule has 0 saturated carbocycles. The Morgan fingerprint density at radius 3 is 2.63 bits per heavy atom. The average molecular weight is 257 g/mol. The molecule has 0 spiro atoms. The van der Waals surface area contributed by atoms with Crippen LogP contribution in [0.5, 0.6) is 11.5 Å². The van der Waals surface area contributed by atoms with E-state index in [2.05, 4.69) is 11.4 Å². The van der Waals surface area contributed by atoms with Crippen LogP contribution in [0.3, 0.4) is 0 Å². The quantitative estimate of drug-likeness (QED) is 0.865. The Morgan fingerprint density at radius 2 is 1.89 bits per heavy atom. The first-order valence-electron chi connectivity index (χ1n) is 6.35. The molecule has 0 aliphatic carbocycles. The number of benzene rings is 2. The first kappa shape index (κ1) is 13.6. The molecule has 0 amide bonds. The van der Waals surface area contributed by atoms with Gasteiger partial charge in [-0.1, -0.05) is 30.3 Å². The number of aryl methyl sites for hydroxylation is 1. The molecular formula is C16H19NO2. The van der Waals surface area contributed by atoms with Gasteiger partial charge in [0.2, 0.25) is 0 Å². The van der Waals surface area contributed by atoms with Crippen molar-refractivity contribution in [3.05, 3.63) is 59.2 Å². The molecule has 2 N–H and O–H groups in total. The van der Waals surface area contributed by atoms with Gasteiger partial charge in [0.15, 0.2) is 0 Å². The topological polar surface area (TPSA) is 41.5 Å². The van der Waals surface area contributed by atoms with Gasteiger partial charge in [-0.3, -0.25) is 0 Å². The second-order valence-electron chi connectivity index (χ2n) is 4.50. The summed E-state index contributed by atoms with van der Waals surface area (Å²) in [5, 5.41) is 12.4. The van der Waals surface area contributed by atoms with E-state index in [0.29, 0.717) is 5.75 Å². The smallest absolute Gasteiger partial charge is 0.132 e. The van der Waals surface area contributed by atoms with Crippen molar-refractivity contribution in [3.63, 3.8) is 0 Å². The zero-order valence-electron chi connectivity index (χ0n) is 11.3. The molecule has 0 saturated heterocycles. The molecule has 0 unspecified atom stereocenters. The molecule has 0 aliphatic rings. The van der Waals surface area contributed by atoms with Gasteiger partial charge in [-0.2, -0.15) is 0 Å². The van der Waals surface area contributed by atoms with E-state index in [9.17, 15) is 5.11 Å². The zero-order valence-corrected chi connectivity index (χ0v) is 11.3. The van der Waals surface area contributed by atoms with Crippen molar-refractivity contribution in [1.29, 1.82) is 0 Å². The second kappa shape index (κ2) is 6.36. The molecular weight excluding hydrogens is 238 g/mol. The van der Waals surface area contributed by atoms with Crippen LogP contribution in [0.2, 0.25) is 0 Å². The molecule has 0 aliphatic heterocycles. The first-order valence-corrected chi connectivity index (χ1v) is 6.35. The van der Waals surface area contributed by atoms with Crippen LogP contribution in [0.25, 0.3) is 0 Å². The minimum absolute atomic E-state index is 0.0224. The maximum absolute atomic E-state index is 9.31. The van der Waals surface area contributed by atoms with Gasteiger partial charge in [-0.05, 0) is 37.2 Å². The van der Waals surface area contributed by atoms with E-state index < -0.39 is 0 Å². The summed E-state index contributed by atoms with van der Waals surface area (Å²) in [6, 6.07) is 13.7. The minimum Gasteiger partial charge on any atom is -0.457 e. The lowest BCUT2D eigenvalue weighted by atomic mass is 10.1. The second-order valence-corrected chi connectivity index (χ2v) is 4.50. The van der Waals surface area contributed by atoms with Crippen molar-refractivity contribution >= 4 is 0 Å². The molecule has 2 aromatic carbocycles. The van der Waals surface area contributed by atoms with E-state index in [4.69, 9.17) is 4.74 Å². The lowest BCUT2D eigenvalue weighted by Gasteiger charge is -2.13. The number of hydrogen-bond acceptors (Lipinski definition) is 3. The van der Waals surface area contributed by atoms with Crippen LogP contribution >= 0.6 is 0 Å². The van der Waals surface area contributed by atoms with Gasteiger partial charge in [-0.25, -0.2) is 0 Å². The van der Waals surface area contributed by atoms with Crippen LogP contribution in [0.15, 0.2) is 42.5 Å². The van der Waals surface area contributed by atoms with E-state index in [1.54, 1.807) is 0 Å². The molecule has 0 heterocycles. The van der Waals surface area contributed by atoms with Gasteiger partial charge in [0.05, 0.1) is 6.61 Å². The van der Waals surface area contributed by atoms with Crippen LogP contribution < -0.4 is 10.1 Å². The summed E-state index contributed by atoms with van der Waals surface area (Å²) >= 11 is 0. The molecule has 0 radical (unpaired) electrons. The summed E-state index contributed by atoms with van der Waals surface area (Å²) in [6.45, 7) is 2.80. The summed E-state index contributed by atoms with van der Waals surface area (Å²) in [5.74, 6) is 1.53. The fourth-order valence-corrected chi connectivity index (χ4v) is 1.92. The predicted octanol–water partition coefficient (Wildman–Crippen LogP) is 3.00. The lowest BCUT2D eigenvalue weighted by molar-refractivity contribution is 0.276. The fourth-order valence-electron chi connectivity index (χ4n) is 1.92. The molecule has 0 aromatic heterocycles. The average Bonchev–Trinajstić information content (AvgIpc) is 2.43. The van der Waals surface area contributed by atoms with Gasteiger partial charge in [0, 0.05) is 12.1 Å². The Hall–Kier alpha value is -1.84. The highest BCUT2D eigenvalue weighted by atomic mass is 16.5. The number of aliphatic hydroxyl groups excluding tert-OH is 1. The largest absolute Gasteiger partial charge is 0.457 e. The van der Waals surface area contributed by atoms with Gasteiger partial charge >= 0.3 is 0 Å². The Labute approximate surface area is 113 Å². The summed E-state index contributed by atoms with van der Waals surface area (Å²) in [4.78, 5) is 0. The number of hydrogen-bond donors (Lipinski definition) is 2. The van der Waals surface area contributed by atoms with Crippen molar-refractivity contribution in [2.45, 2.75) is 20.1 Å².